The van der Waals surface area contributed by atoms with E-state index in [0.717, 1.165) is 12.8 Å². The summed E-state index contributed by atoms with van der Waals surface area (Å²) < 4.78 is 0. The smallest absolute Gasteiger partial charge is 0.171 e. The molecule has 25 heavy (non-hydrogen) atoms. The van der Waals surface area contributed by atoms with Crippen LogP contribution in [0.4, 0.5) is 0 Å². The second-order valence-corrected chi connectivity index (χ2v) is 4.62. The normalized spacial score (nSPS) is 11.9. The zero-order valence-corrected chi connectivity index (χ0v) is 18.0. The molecule has 2 aromatic rings. The molecule has 4 rings (SSSR count). The summed E-state index contributed by atoms with van der Waals surface area (Å²) in [4.78, 5) is 0. The third-order valence-electron chi connectivity index (χ3n) is 2.67. The molecule has 0 bridgehead atoms. The van der Waals surface area contributed by atoms with Crippen LogP contribution in [-0.4, -0.2) is 6.88 Å². The average molecular weight is 418 g/mol. The van der Waals surface area contributed by atoms with Crippen molar-refractivity contribution in [2.45, 2.75) is 19.8 Å². The van der Waals surface area contributed by atoms with Crippen LogP contribution >= 0.6 is 0 Å². The Balaban J connectivity index is 0.000000298. The molecule has 0 heterocycles. The first-order chi connectivity index (χ1) is 12.4. The van der Waals surface area contributed by atoms with E-state index < -0.39 is 0 Å². The fourth-order valence-corrected chi connectivity index (χ4v) is 1.54. The van der Waals surface area contributed by atoms with Crippen molar-refractivity contribution >= 4 is 6.88 Å². The van der Waals surface area contributed by atoms with Crippen molar-refractivity contribution in [2.75, 3.05) is 0 Å². The summed E-state index contributed by atoms with van der Waals surface area (Å²) in [5, 5.41) is 0. The van der Waals surface area contributed by atoms with Gasteiger partial charge in [0.2, 0.25) is 0 Å². The first-order valence-electron chi connectivity index (χ1n) is 7.92. The Labute approximate surface area is 170 Å². The fourth-order valence-electron chi connectivity index (χ4n) is 1.54. The SMILES string of the molecule is CC1=[C-]CC=C1.[C-]1=CC=CC1.[Si]=[Zr].[c-]1ccccc1.[c-]1ccccc1. The van der Waals surface area contributed by atoms with E-state index in [9.17, 15) is 0 Å². The minimum absolute atomic E-state index is 1.01. The number of rotatable bonds is 0. The molecule has 0 amide bonds. The summed E-state index contributed by atoms with van der Waals surface area (Å²) in [5.74, 6) is 0. The average Bonchev–Trinajstić information content (AvgIpc) is 3.44. The van der Waals surface area contributed by atoms with Crippen LogP contribution in [-0.2, 0) is 23.3 Å². The van der Waals surface area contributed by atoms with Gasteiger partial charge in [-0.3, -0.25) is 12.2 Å². The van der Waals surface area contributed by atoms with Crippen molar-refractivity contribution in [3.8, 4) is 0 Å². The van der Waals surface area contributed by atoms with E-state index in [0.29, 0.717) is 0 Å². The molecule has 2 aromatic carbocycles. The molecule has 0 aromatic heterocycles. The Morgan fingerprint density at radius 2 is 1.36 bits per heavy atom. The zero-order chi connectivity index (χ0) is 18.4. The van der Waals surface area contributed by atoms with Gasteiger partial charge in [0.1, 0.15) is 0 Å². The fraction of sp³-hybridized carbons (Fsp3) is 0.130. The first kappa shape index (κ1) is 23.5. The predicted octanol–water partition coefficient (Wildman–Crippen LogP) is 5.59. The number of hydrogen-bond acceptors (Lipinski definition) is 0. The van der Waals surface area contributed by atoms with E-state index in [2.05, 4.69) is 56.3 Å². The summed E-state index contributed by atoms with van der Waals surface area (Å²) >= 11 is 1.36. The summed E-state index contributed by atoms with van der Waals surface area (Å²) in [6, 6.07) is 25.0. The van der Waals surface area contributed by atoms with E-state index in [4.69, 9.17) is 0 Å². The summed E-state index contributed by atoms with van der Waals surface area (Å²) in [7, 11) is 0. The largest absolute Gasteiger partial charge is 0.184 e. The molecule has 0 saturated carbocycles. The van der Waals surface area contributed by atoms with E-state index in [1.165, 1.54) is 28.9 Å². The van der Waals surface area contributed by atoms with Crippen LogP contribution < -0.4 is 0 Å². The van der Waals surface area contributed by atoms with Crippen LogP contribution in [0.5, 0.6) is 0 Å². The molecule has 0 unspecified atom stereocenters. The molecule has 0 atom stereocenters. The Morgan fingerprint density at radius 3 is 1.48 bits per heavy atom. The second kappa shape index (κ2) is 20.5. The van der Waals surface area contributed by atoms with Gasteiger partial charge in [-0.15, -0.1) is 12.8 Å². The minimum atomic E-state index is 1.01. The van der Waals surface area contributed by atoms with Crippen LogP contribution in [0.15, 0.2) is 96.6 Å². The van der Waals surface area contributed by atoms with Crippen LogP contribution in [0.1, 0.15) is 19.8 Å². The number of hydrogen-bond donors (Lipinski definition) is 0. The van der Waals surface area contributed by atoms with Gasteiger partial charge in [-0.05, 0) is 0 Å². The molecule has 2 heteroatoms. The molecule has 0 fully saturated rings. The van der Waals surface area contributed by atoms with Crippen LogP contribution in [0.3, 0.4) is 0 Å². The minimum Gasteiger partial charge on any atom is -0.184 e. The third-order valence-corrected chi connectivity index (χ3v) is 2.67. The molecule has 0 aliphatic heterocycles. The van der Waals surface area contributed by atoms with Crippen molar-refractivity contribution in [1.29, 1.82) is 0 Å². The van der Waals surface area contributed by atoms with Crippen molar-refractivity contribution in [3.63, 3.8) is 0 Å². The summed E-state index contributed by atoms with van der Waals surface area (Å²) in [6.45, 7) is 5.12. The Hall–Kier alpha value is -1.50. The van der Waals surface area contributed by atoms with Gasteiger partial charge in [-0.25, -0.2) is 23.8 Å². The van der Waals surface area contributed by atoms with Crippen LogP contribution in [0.2, 0.25) is 0 Å². The van der Waals surface area contributed by atoms with Crippen molar-refractivity contribution < 1.29 is 23.3 Å². The molecule has 0 spiro atoms. The van der Waals surface area contributed by atoms with Gasteiger partial charge in [0.05, 0.1) is 0 Å². The molecule has 126 valence electrons. The predicted molar refractivity (Wildman–Crippen MR) is 104 cm³/mol. The van der Waals surface area contributed by atoms with Gasteiger partial charge in [0, 0.05) is 0 Å². The quantitative estimate of drug-likeness (QED) is 0.387. The van der Waals surface area contributed by atoms with Crippen molar-refractivity contribution in [1.82, 2.24) is 0 Å². The van der Waals surface area contributed by atoms with E-state index in [-0.39, 0.29) is 0 Å². The number of benzene rings is 2. The Morgan fingerprint density at radius 1 is 0.800 bits per heavy atom. The molecule has 2 aliphatic rings. The maximum absolute atomic E-state index is 3.12. The van der Waals surface area contributed by atoms with Gasteiger partial charge in [0.25, 0.3) is 0 Å². The van der Waals surface area contributed by atoms with Crippen molar-refractivity contribution in [3.05, 3.63) is 121 Å². The summed E-state index contributed by atoms with van der Waals surface area (Å²) in [5.41, 5.74) is 1.27. The van der Waals surface area contributed by atoms with Gasteiger partial charge in [-0.2, -0.15) is 84.9 Å². The van der Waals surface area contributed by atoms with E-state index >= 15 is 0 Å². The number of allylic oxidation sites excluding steroid dienone is 8. The van der Waals surface area contributed by atoms with Gasteiger partial charge >= 0.3 is 30.2 Å². The van der Waals surface area contributed by atoms with Crippen LogP contribution in [0, 0.1) is 24.3 Å². The standard InChI is InChI=1S/C6H7.2C6H5.C5H5.Si.Zr/c1-6-4-2-3-5-6;2*1-2-4-6-5-3-1;1-2-4-5-3-1;;/h2,4H,3H2,1H3;2*1-5H;1-3H,4H2;;/q4*-1;;. The zero-order valence-electron chi connectivity index (χ0n) is 14.6. The molecular weight excluding hydrogens is 396 g/mol. The Kier molecular flexibility index (Phi) is 19.3. The molecular formula is C23H22SiZr-4. The van der Waals surface area contributed by atoms with Crippen molar-refractivity contribution in [2.24, 2.45) is 0 Å². The third kappa shape index (κ3) is 18.7. The second-order valence-electron chi connectivity index (χ2n) is 4.62. The molecule has 0 N–H and O–H groups in total. The molecule has 0 nitrogen and oxygen atoms in total. The molecule has 0 saturated heterocycles. The van der Waals surface area contributed by atoms with Gasteiger partial charge in [0.15, 0.2) is 0 Å². The van der Waals surface area contributed by atoms with E-state index in [1.807, 2.05) is 72.8 Å². The first-order valence-corrected chi connectivity index (χ1v) is 12.1. The summed E-state index contributed by atoms with van der Waals surface area (Å²) in [6.07, 6.45) is 18.3. The molecule has 2 radical (unpaired) electrons. The van der Waals surface area contributed by atoms with E-state index in [1.54, 1.807) is 0 Å². The van der Waals surface area contributed by atoms with Crippen LogP contribution in [0.25, 0.3) is 0 Å². The molecule has 2 aliphatic carbocycles. The van der Waals surface area contributed by atoms with Gasteiger partial charge in [-0.1, -0.05) is 6.92 Å². The maximum atomic E-state index is 3.12. The maximum Gasteiger partial charge on any atom is -0.171 e. The Bertz CT molecular complexity index is 515. The monoisotopic (exact) mass is 416 g/mol. The topological polar surface area (TPSA) is 0 Å². The van der Waals surface area contributed by atoms with Gasteiger partial charge < -0.3 is 0 Å².